The lowest BCUT2D eigenvalue weighted by Gasteiger charge is -2.16. The third-order valence-corrected chi connectivity index (χ3v) is 8.01. The summed E-state index contributed by atoms with van der Waals surface area (Å²) in [6, 6.07) is 2.18. The molecule has 31 heavy (non-hydrogen) atoms. The van der Waals surface area contributed by atoms with E-state index in [1.807, 2.05) is 16.8 Å². The van der Waals surface area contributed by atoms with Crippen LogP contribution in [0.3, 0.4) is 0 Å². The van der Waals surface area contributed by atoms with Crippen molar-refractivity contribution in [3.8, 4) is 0 Å². The van der Waals surface area contributed by atoms with E-state index >= 15 is 0 Å². The molecule has 1 amide bonds. The van der Waals surface area contributed by atoms with Crippen LogP contribution in [-0.4, -0.2) is 67.2 Å². The van der Waals surface area contributed by atoms with Crippen LogP contribution in [0.4, 0.5) is 0 Å². The van der Waals surface area contributed by atoms with Gasteiger partial charge >= 0.3 is 11.9 Å². The Balaban J connectivity index is 2.38. The highest BCUT2D eigenvalue weighted by Crippen LogP contribution is 2.27. The van der Waals surface area contributed by atoms with Gasteiger partial charge in [-0.3, -0.25) is 9.59 Å². The van der Waals surface area contributed by atoms with Crippen LogP contribution in [0.1, 0.15) is 25.3 Å². The Morgan fingerprint density at radius 1 is 1.19 bits per heavy atom. The summed E-state index contributed by atoms with van der Waals surface area (Å²) in [6.07, 6.45) is 3.71. The molecule has 0 radical (unpaired) electrons. The van der Waals surface area contributed by atoms with Crippen LogP contribution in [0, 0.1) is 5.92 Å². The van der Waals surface area contributed by atoms with Crippen LogP contribution in [0.5, 0.6) is 0 Å². The Bertz CT molecular complexity index is 646. The summed E-state index contributed by atoms with van der Waals surface area (Å²) in [5.74, 6) is 1.14. The summed E-state index contributed by atoms with van der Waals surface area (Å²) in [7, 11) is 3.36. The molecule has 2 atom stereocenters. The number of hydrogen-bond acceptors (Lipinski definition) is 10. The molecule has 3 N–H and O–H groups in total. The first kappa shape index (κ1) is 28.2. The minimum Gasteiger partial charge on any atom is -0.463 e. The zero-order chi connectivity index (χ0) is 22.9. The fourth-order valence-electron chi connectivity index (χ4n) is 2.39. The first-order chi connectivity index (χ1) is 15.0. The van der Waals surface area contributed by atoms with Gasteiger partial charge in [-0.25, -0.2) is 4.79 Å². The highest BCUT2D eigenvalue weighted by Gasteiger charge is 2.20. The average Bonchev–Trinajstić information content (AvgIpc) is 3.26. The molecule has 11 heteroatoms. The summed E-state index contributed by atoms with van der Waals surface area (Å²) in [4.78, 5) is 35.6. The molecule has 0 saturated carbocycles. The molecule has 0 aromatic carbocycles. The lowest BCUT2D eigenvalue weighted by atomic mass is 10.0. The van der Waals surface area contributed by atoms with Gasteiger partial charge in [-0.15, -0.1) is 0 Å². The van der Waals surface area contributed by atoms with E-state index in [0.29, 0.717) is 12.2 Å². The Hall–Kier alpha value is -0.880. The molecule has 0 fully saturated rings. The van der Waals surface area contributed by atoms with E-state index in [0.717, 1.165) is 23.5 Å². The van der Waals surface area contributed by atoms with Crippen LogP contribution < -0.4 is 11.1 Å². The summed E-state index contributed by atoms with van der Waals surface area (Å²) in [5.41, 5.74) is 7.23. The number of carbonyl (C=O) groups is 3. The zero-order valence-electron chi connectivity index (χ0n) is 18.0. The minimum absolute atomic E-state index is 0.00248. The van der Waals surface area contributed by atoms with Crippen molar-refractivity contribution in [2.45, 2.75) is 32.2 Å². The maximum Gasteiger partial charge on any atom is 0.344 e. The topological polar surface area (TPSA) is 108 Å². The normalized spacial score (nSPS) is 12.7. The van der Waals surface area contributed by atoms with Gasteiger partial charge in [0.15, 0.2) is 6.61 Å². The van der Waals surface area contributed by atoms with Gasteiger partial charge in [0.2, 0.25) is 5.91 Å². The van der Waals surface area contributed by atoms with Gasteiger partial charge in [0.05, 0.1) is 18.9 Å². The van der Waals surface area contributed by atoms with Crippen molar-refractivity contribution in [1.82, 2.24) is 5.32 Å². The van der Waals surface area contributed by atoms with Crippen molar-refractivity contribution >= 4 is 62.5 Å². The Morgan fingerprint density at radius 3 is 2.65 bits per heavy atom. The highest BCUT2D eigenvalue weighted by atomic mass is 33.1. The summed E-state index contributed by atoms with van der Waals surface area (Å²) in [6.45, 7) is 1.67. The number of hydrogen-bond donors (Lipinski definition) is 2. The van der Waals surface area contributed by atoms with E-state index < -0.39 is 18.5 Å². The monoisotopic (exact) mass is 508 g/mol. The number of esters is 2. The van der Waals surface area contributed by atoms with Crippen molar-refractivity contribution in [1.29, 1.82) is 0 Å². The van der Waals surface area contributed by atoms with Crippen molar-refractivity contribution in [2.75, 3.05) is 43.3 Å². The lowest BCUT2D eigenvalue weighted by molar-refractivity contribution is -0.158. The standard InChI is InChI=1S/C20H32N2O5S4/c1-3-26-19(24)11-27-18(23)4-7-22-20(25)16(10-15-5-9-29-12-15)13-30-31-14-17(21)6-8-28-2/h5,9,12,16-17H,3-4,6-8,10-11,13-14,21H2,1-2H3,(H,22,25). The number of nitrogens with one attached hydrogen (secondary N) is 1. The molecule has 0 saturated heterocycles. The summed E-state index contributed by atoms with van der Waals surface area (Å²) < 4.78 is 9.53. The molecular formula is C20H32N2O5S4. The number of ether oxygens (including phenoxy) is 2. The third kappa shape index (κ3) is 14.0. The van der Waals surface area contributed by atoms with Crippen molar-refractivity contribution in [2.24, 2.45) is 11.7 Å². The number of amides is 1. The number of carbonyl (C=O) groups excluding carboxylic acids is 3. The molecule has 1 aromatic rings. The van der Waals surface area contributed by atoms with Crippen molar-refractivity contribution in [3.63, 3.8) is 0 Å². The molecule has 1 rings (SSSR count). The van der Waals surface area contributed by atoms with Gasteiger partial charge < -0.3 is 20.5 Å². The number of nitrogens with two attached hydrogens (primary N) is 1. The molecule has 0 aliphatic rings. The van der Waals surface area contributed by atoms with Gasteiger partial charge in [-0.05, 0) is 54.2 Å². The molecule has 176 valence electrons. The van der Waals surface area contributed by atoms with E-state index in [-0.39, 0.29) is 37.4 Å². The molecule has 2 unspecified atom stereocenters. The quantitative estimate of drug-likeness (QED) is 0.186. The van der Waals surface area contributed by atoms with Gasteiger partial charge in [0, 0.05) is 24.1 Å². The fourth-order valence-corrected chi connectivity index (χ4v) is 6.17. The predicted molar refractivity (Wildman–Crippen MR) is 133 cm³/mol. The average molecular weight is 509 g/mol. The minimum atomic E-state index is -0.585. The van der Waals surface area contributed by atoms with Gasteiger partial charge in [-0.2, -0.15) is 23.1 Å². The third-order valence-electron chi connectivity index (χ3n) is 4.05. The second kappa shape index (κ2) is 17.6. The first-order valence-corrected chi connectivity index (χ1v) is 14.9. The molecule has 0 bridgehead atoms. The zero-order valence-corrected chi connectivity index (χ0v) is 21.3. The smallest absolute Gasteiger partial charge is 0.344 e. The van der Waals surface area contributed by atoms with E-state index in [2.05, 4.69) is 11.6 Å². The number of thiophene rings is 1. The fraction of sp³-hybridized carbons (Fsp3) is 0.650. The molecule has 1 aromatic heterocycles. The van der Waals surface area contributed by atoms with Crippen LogP contribution >= 0.6 is 44.7 Å². The van der Waals surface area contributed by atoms with Crippen LogP contribution in [0.15, 0.2) is 16.8 Å². The Morgan fingerprint density at radius 2 is 1.97 bits per heavy atom. The van der Waals surface area contributed by atoms with Crippen molar-refractivity contribution < 1.29 is 23.9 Å². The molecule has 7 nitrogen and oxygen atoms in total. The first-order valence-electron chi connectivity index (χ1n) is 10.0. The maximum absolute atomic E-state index is 12.7. The summed E-state index contributed by atoms with van der Waals surface area (Å²) in [5, 5.41) is 6.86. The van der Waals surface area contributed by atoms with Gasteiger partial charge in [0.25, 0.3) is 0 Å². The van der Waals surface area contributed by atoms with E-state index in [1.54, 1.807) is 51.6 Å². The Labute approximate surface area is 200 Å². The number of thioether (sulfide) groups is 1. The van der Waals surface area contributed by atoms with Gasteiger partial charge in [-0.1, -0.05) is 21.6 Å². The van der Waals surface area contributed by atoms with Crippen LogP contribution in [-0.2, 0) is 30.3 Å². The molecule has 0 aliphatic carbocycles. The SMILES string of the molecule is CCOC(=O)COC(=O)CCNC(=O)C(CSSCC(N)CCSC)Cc1ccsc1. The second-order valence-corrected chi connectivity index (χ2v) is 11.0. The van der Waals surface area contributed by atoms with Crippen LogP contribution in [0.2, 0.25) is 0 Å². The second-order valence-electron chi connectivity index (χ2n) is 6.65. The molecule has 1 heterocycles. The molecule has 0 spiro atoms. The van der Waals surface area contributed by atoms with Crippen molar-refractivity contribution in [3.05, 3.63) is 22.4 Å². The van der Waals surface area contributed by atoms with Gasteiger partial charge in [0.1, 0.15) is 0 Å². The van der Waals surface area contributed by atoms with Crippen LogP contribution in [0.25, 0.3) is 0 Å². The summed E-state index contributed by atoms with van der Waals surface area (Å²) >= 11 is 3.40. The largest absolute Gasteiger partial charge is 0.463 e. The van der Waals surface area contributed by atoms with E-state index in [4.69, 9.17) is 15.2 Å². The lowest BCUT2D eigenvalue weighted by Crippen LogP contribution is -2.35. The Kier molecular flexibility index (Phi) is 16.0. The molecule has 0 aliphatic heterocycles. The maximum atomic E-state index is 12.7. The highest BCUT2D eigenvalue weighted by molar-refractivity contribution is 8.76. The molecular weight excluding hydrogens is 476 g/mol. The predicted octanol–water partition coefficient (Wildman–Crippen LogP) is 2.98. The van der Waals surface area contributed by atoms with E-state index in [9.17, 15) is 14.4 Å². The number of rotatable bonds is 17. The van der Waals surface area contributed by atoms with E-state index in [1.165, 1.54) is 0 Å².